The van der Waals surface area contributed by atoms with Gasteiger partial charge in [0.25, 0.3) is 0 Å². The van der Waals surface area contributed by atoms with Gasteiger partial charge in [0.05, 0.1) is 15.7 Å². The van der Waals surface area contributed by atoms with Gasteiger partial charge in [-0.3, -0.25) is 0 Å². The number of aromatic nitrogens is 2. The van der Waals surface area contributed by atoms with Crippen molar-refractivity contribution in [2.75, 3.05) is 0 Å². The Hall–Kier alpha value is -1.32. The molecule has 3 rings (SSSR count). The molecule has 3 nitrogen and oxygen atoms in total. The first-order valence-corrected chi connectivity index (χ1v) is 6.42. The van der Waals surface area contributed by atoms with Crippen LogP contribution in [0.1, 0.15) is 24.6 Å². The second-order valence-electron chi connectivity index (χ2n) is 4.37. The number of hydrogen-bond acceptors (Lipinski definition) is 3. The van der Waals surface area contributed by atoms with Crippen LogP contribution in [0.25, 0.3) is 11.3 Å². The predicted molar refractivity (Wildman–Crippen MR) is 71.1 cm³/mol. The standard InChI is InChI=1S/C13H10Cl2N2O/c14-9-4-3-8(5-10(9)15)11-6-12(18)17-13(16-11)7-1-2-7/h3-7H,1-2H2,(H,16,17,18). The Bertz CT molecular complexity index is 612. The zero-order valence-corrected chi connectivity index (χ0v) is 10.9. The van der Waals surface area contributed by atoms with Gasteiger partial charge < -0.3 is 5.11 Å². The van der Waals surface area contributed by atoms with Gasteiger partial charge >= 0.3 is 0 Å². The summed E-state index contributed by atoms with van der Waals surface area (Å²) in [6.07, 6.45) is 2.18. The van der Waals surface area contributed by atoms with E-state index in [1.807, 2.05) is 6.07 Å². The molecule has 0 radical (unpaired) electrons. The first-order valence-electron chi connectivity index (χ1n) is 5.67. The van der Waals surface area contributed by atoms with E-state index in [2.05, 4.69) is 9.97 Å². The monoisotopic (exact) mass is 280 g/mol. The minimum Gasteiger partial charge on any atom is -0.493 e. The Morgan fingerprint density at radius 1 is 1.06 bits per heavy atom. The number of rotatable bonds is 2. The van der Waals surface area contributed by atoms with E-state index >= 15 is 0 Å². The lowest BCUT2D eigenvalue weighted by atomic mass is 10.1. The van der Waals surface area contributed by atoms with E-state index in [1.54, 1.807) is 12.1 Å². The molecule has 1 aliphatic carbocycles. The van der Waals surface area contributed by atoms with Gasteiger partial charge in [-0.05, 0) is 25.0 Å². The topological polar surface area (TPSA) is 46.0 Å². The van der Waals surface area contributed by atoms with Crippen molar-refractivity contribution in [3.8, 4) is 17.1 Å². The maximum absolute atomic E-state index is 9.65. The Balaban J connectivity index is 2.07. The maximum Gasteiger partial charge on any atom is 0.214 e. The number of halogens is 2. The highest BCUT2D eigenvalue weighted by atomic mass is 35.5. The molecule has 0 unspecified atom stereocenters. The van der Waals surface area contributed by atoms with Crippen molar-refractivity contribution in [3.63, 3.8) is 0 Å². The summed E-state index contributed by atoms with van der Waals surface area (Å²) >= 11 is 11.9. The molecule has 1 aromatic heterocycles. The number of benzene rings is 1. The Kier molecular flexibility index (Phi) is 2.88. The van der Waals surface area contributed by atoms with Crippen LogP contribution >= 0.6 is 23.2 Å². The summed E-state index contributed by atoms with van der Waals surface area (Å²) in [5.41, 5.74) is 1.49. The van der Waals surface area contributed by atoms with Crippen LogP contribution in [0.15, 0.2) is 24.3 Å². The summed E-state index contributed by atoms with van der Waals surface area (Å²) in [6.45, 7) is 0. The van der Waals surface area contributed by atoms with Gasteiger partial charge in [-0.1, -0.05) is 29.3 Å². The number of nitrogens with zero attached hydrogens (tertiary/aromatic N) is 2. The zero-order valence-electron chi connectivity index (χ0n) is 9.40. The van der Waals surface area contributed by atoms with E-state index in [1.165, 1.54) is 6.07 Å². The van der Waals surface area contributed by atoms with Crippen molar-refractivity contribution in [2.24, 2.45) is 0 Å². The van der Waals surface area contributed by atoms with Gasteiger partial charge in [-0.25, -0.2) is 4.98 Å². The summed E-state index contributed by atoms with van der Waals surface area (Å²) in [4.78, 5) is 8.51. The summed E-state index contributed by atoms with van der Waals surface area (Å²) in [6, 6.07) is 6.82. The molecule has 1 aromatic carbocycles. The van der Waals surface area contributed by atoms with Crippen molar-refractivity contribution in [3.05, 3.63) is 40.1 Å². The minimum atomic E-state index is -0.00651. The number of aromatic hydroxyl groups is 1. The molecular formula is C13H10Cl2N2O. The molecule has 1 N–H and O–H groups in total. The highest BCUT2D eigenvalue weighted by molar-refractivity contribution is 6.42. The molecule has 1 saturated carbocycles. The smallest absolute Gasteiger partial charge is 0.214 e. The first-order chi connectivity index (χ1) is 8.63. The second-order valence-corrected chi connectivity index (χ2v) is 5.19. The molecule has 1 heterocycles. The van der Waals surface area contributed by atoms with Gasteiger partial charge in [0.2, 0.25) is 5.88 Å². The fourth-order valence-corrected chi connectivity index (χ4v) is 2.08. The molecule has 0 spiro atoms. The van der Waals surface area contributed by atoms with E-state index in [0.717, 1.165) is 18.4 Å². The molecule has 18 heavy (non-hydrogen) atoms. The van der Waals surface area contributed by atoms with Crippen LogP contribution in [0.4, 0.5) is 0 Å². The van der Waals surface area contributed by atoms with Crippen LogP contribution in [0, 0.1) is 0 Å². The summed E-state index contributed by atoms with van der Waals surface area (Å²) in [7, 11) is 0. The third kappa shape index (κ3) is 2.28. The molecule has 2 aromatic rings. The first kappa shape index (κ1) is 11.8. The fraction of sp³-hybridized carbons (Fsp3) is 0.231. The highest BCUT2D eigenvalue weighted by Crippen LogP contribution is 2.39. The van der Waals surface area contributed by atoms with Gasteiger partial charge in [0.15, 0.2) is 0 Å². The van der Waals surface area contributed by atoms with Gasteiger partial charge in [-0.2, -0.15) is 4.98 Å². The lowest BCUT2D eigenvalue weighted by Crippen LogP contribution is -1.95. The van der Waals surface area contributed by atoms with Crippen molar-refractivity contribution in [2.45, 2.75) is 18.8 Å². The van der Waals surface area contributed by atoms with E-state index in [4.69, 9.17) is 23.2 Å². The number of hydrogen-bond donors (Lipinski definition) is 1. The highest BCUT2D eigenvalue weighted by Gasteiger charge is 2.27. The van der Waals surface area contributed by atoms with Crippen molar-refractivity contribution < 1.29 is 5.11 Å². The van der Waals surface area contributed by atoms with Crippen molar-refractivity contribution in [1.82, 2.24) is 9.97 Å². The largest absolute Gasteiger partial charge is 0.493 e. The molecule has 0 saturated heterocycles. The average Bonchev–Trinajstić information content (AvgIpc) is 3.16. The summed E-state index contributed by atoms with van der Waals surface area (Å²) in [5, 5.41) is 10.6. The molecule has 5 heteroatoms. The van der Waals surface area contributed by atoms with Crippen LogP contribution in [0.5, 0.6) is 5.88 Å². The Morgan fingerprint density at radius 2 is 1.83 bits per heavy atom. The SMILES string of the molecule is Oc1cc(-c2ccc(Cl)c(Cl)c2)nc(C2CC2)n1. The molecule has 0 bridgehead atoms. The quantitative estimate of drug-likeness (QED) is 0.903. The van der Waals surface area contributed by atoms with E-state index < -0.39 is 0 Å². The van der Waals surface area contributed by atoms with Crippen molar-refractivity contribution >= 4 is 23.2 Å². The zero-order chi connectivity index (χ0) is 12.7. The van der Waals surface area contributed by atoms with E-state index in [9.17, 15) is 5.11 Å². The molecule has 1 aliphatic rings. The fourth-order valence-electron chi connectivity index (χ4n) is 1.78. The van der Waals surface area contributed by atoms with Gasteiger partial charge in [0, 0.05) is 17.5 Å². The second kappa shape index (κ2) is 4.41. The molecule has 0 amide bonds. The van der Waals surface area contributed by atoms with E-state index in [-0.39, 0.29) is 5.88 Å². The molecule has 0 aliphatic heterocycles. The van der Waals surface area contributed by atoms with Crippen LogP contribution < -0.4 is 0 Å². The lowest BCUT2D eigenvalue weighted by molar-refractivity contribution is 0.449. The summed E-state index contributed by atoms with van der Waals surface area (Å²) in [5.74, 6) is 1.09. The Morgan fingerprint density at radius 3 is 2.50 bits per heavy atom. The third-order valence-electron chi connectivity index (χ3n) is 2.89. The van der Waals surface area contributed by atoms with Crippen LogP contribution in [0.3, 0.4) is 0 Å². The molecule has 0 atom stereocenters. The minimum absolute atomic E-state index is 0.00651. The lowest BCUT2D eigenvalue weighted by Gasteiger charge is -2.05. The van der Waals surface area contributed by atoms with Crippen LogP contribution in [-0.4, -0.2) is 15.1 Å². The molecule has 92 valence electrons. The third-order valence-corrected chi connectivity index (χ3v) is 3.63. The molecular weight excluding hydrogens is 271 g/mol. The molecule has 1 fully saturated rings. The van der Waals surface area contributed by atoms with Gasteiger partial charge in [-0.15, -0.1) is 0 Å². The van der Waals surface area contributed by atoms with Crippen molar-refractivity contribution in [1.29, 1.82) is 0 Å². The van der Waals surface area contributed by atoms with E-state index in [0.29, 0.717) is 27.5 Å². The normalized spacial score (nSPS) is 14.8. The van der Waals surface area contributed by atoms with Gasteiger partial charge in [0.1, 0.15) is 5.82 Å². The summed E-state index contributed by atoms with van der Waals surface area (Å²) < 4.78 is 0. The van der Waals surface area contributed by atoms with Crippen LogP contribution in [0.2, 0.25) is 10.0 Å². The Labute approximate surface area is 114 Å². The maximum atomic E-state index is 9.65. The van der Waals surface area contributed by atoms with Crippen LogP contribution in [-0.2, 0) is 0 Å². The predicted octanol–water partition coefficient (Wildman–Crippen LogP) is 4.03. The average molecular weight is 281 g/mol.